The van der Waals surface area contributed by atoms with Gasteiger partial charge in [0.05, 0.1) is 0 Å². The molecule has 1 heterocycles. The minimum Gasteiger partial charge on any atom is -0.265 e. The number of nitrogens with zero attached hydrogens (tertiary/aromatic N) is 2. The molecular formula is C13H20N3P. The first-order valence-electron chi connectivity index (χ1n) is 5.92. The van der Waals surface area contributed by atoms with Crippen LogP contribution in [0.5, 0.6) is 0 Å². The quantitative estimate of drug-likeness (QED) is 0.846. The van der Waals surface area contributed by atoms with Crippen LogP contribution in [-0.2, 0) is 0 Å². The summed E-state index contributed by atoms with van der Waals surface area (Å²) >= 11 is 0. The number of hydrogen-bond donors (Lipinski definition) is 1. The fraction of sp³-hybridized carbons (Fsp3) is 0.385. The smallest absolute Gasteiger partial charge is 0.113 e. The van der Waals surface area contributed by atoms with Crippen molar-refractivity contribution in [2.75, 3.05) is 6.16 Å². The van der Waals surface area contributed by atoms with Gasteiger partial charge in [-0.15, -0.1) is 14.3 Å². The van der Waals surface area contributed by atoms with Gasteiger partial charge < -0.3 is 0 Å². The molecule has 0 aliphatic rings. The first-order valence-corrected chi connectivity index (χ1v) is 6.73. The number of aromatic amines is 1. The van der Waals surface area contributed by atoms with E-state index in [0.29, 0.717) is 0 Å². The standard InChI is InChI=1S/C9H9N3.C4H11P/c1-7-4-2-3-5-8(7)9-6-10-12-11-9;1-2-3-4-5/h2-6H,1H3,(H,10,11,12);2-5H2,1H3. The van der Waals surface area contributed by atoms with Crippen LogP contribution in [0.2, 0.25) is 0 Å². The molecule has 0 bridgehead atoms. The normalized spacial score (nSPS) is 9.59. The zero-order chi connectivity index (χ0) is 12.5. The monoisotopic (exact) mass is 249 g/mol. The highest BCUT2D eigenvalue weighted by Crippen LogP contribution is 2.18. The zero-order valence-electron chi connectivity index (χ0n) is 10.5. The molecule has 2 aromatic rings. The Balaban J connectivity index is 0.000000249. The van der Waals surface area contributed by atoms with Crippen molar-refractivity contribution in [2.24, 2.45) is 0 Å². The van der Waals surface area contributed by atoms with Crippen LogP contribution in [0.3, 0.4) is 0 Å². The topological polar surface area (TPSA) is 41.6 Å². The van der Waals surface area contributed by atoms with Gasteiger partial charge >= 0.3 is 0 Å². The summed E-state index contributed by atoms with van der Waals surface area (Å²) in [5.74, 6) is 0. The lowest BCUT2D eigenvalue weighted by Gasteiger charge is -1.98. The molecule has 0 amide bonds. The van der Waals surface area contributed by atoms with Gasteiger partial charge in [-0.05, 0) is 18.6 Å². The van der Waals surface area contributed by atoms with Crippen molar-refractivity contribution < 1.29 is 0 Å². The molecule has 1 unspecified atom stereocenters. The van der Waals surface area contributed by atoms with Crippen LogP contribution in [-0.4, -0.2) is 21.6 Å². The first-order chi connectivity index (χ1) is 8.29. The van der Waals surface area contributed by atoms with Crippen LogP contribution >= 0.6 is 9.24 Å². The Hall–Kier alpha value is -1.21. The van der Waals surface area contributed by atoms with E-state index in [4.69, 9.17) is 0 Å². The third-order valence-electron chi connectivity index (χ3n) is 2.40. The van der Waals surface area contributed by atoms with Crippen molar-refractivity contribution in [3.05, 3.63) is 36.0 Å². The summed E-state index contributed by atoms with van der Waals surface area (Å²) in [4.78, 5) is 0. The van der Waals surface area contributed by atoms with E-state index >= 15 is 0 Å². The molecule has 92 valence electrons. The maximum absolute atomic E-state index is 3.94. The van der Waals surface area contributed by atoms with E-state index < -0.39 is 0 Å². The van der Waals surface area contributed by atoms with E-state index in [1.54, 1.807) is 6.20 Å². The largest absolute Gasteiger partial charge is 0.265 e. The molecule has 1 aromatic carbocycles. The minimum atomic E-state index is 0.896. The van der Waals surface area contributed by atoms with E-state index in [0.717, 1.165) is 11.3 Å². The lowest BCUT2D eigenvalue weighted by atomic mass is 10.1. The Labute approximate surface area is 105 Å². The molecule has 1 N–H and O–H groups in total. The van der Waals surface area contributed by atoms with Crippen LogP contribution in [0.4, 0.5) is 0 Å². The number of unbranched alkanes of at least 4 members (excludes halogenated alkanes) is 1. The van der Waals surface area contributed by atoms with Crippen molar-refractivity contribution in [1.29, 1.82) is 0 Å². The molecule has 0 saturated heterocycles. The Kier molecular flexibility index (Phi) is 6.49. The molecular weight excluding hydrogens is 229 g/mol. The van der Waals surface area contributed by atoms with Gasteiger partial charge in [0.1, 0.15) is 5.69 Å². The SMILES string of the molecule is CCCCP.Cc1ccccc1-c1c[nH]nn1. The Morgan fingerprint density at radius 3 is 2.53 bits per heavy atom. The van der Waals surface area contributed by atoms with Crippen LogP contribution in [0.15, 0.2) is 30.5 Å². The Morgan fingerprint density at radius 2 is 2.06 bits per heavy atom. The number of rotatable bonds is 3. The average molecular weight is 249 g/mol. The van der Waals surface area contributed by atoms with E-state index in [-0.39, 0.29) is 0 Å². The molecule has 1 aromatic heterocycles. The summed E-state index contributed by atoms with van der Waals surface area (Å²) in [6.45, 7) is 4.26. The van der Waals surface area contributed by atoms with Gasteiger partial charge in [0.2, 0.25) is 0 Å². The first kappa shape index (κ1) is 13.9. The maximum atomic E-state index is 3.94. The summed E-state index contributed by atoms with van der Waals surface area (Å²) in [5.41, 5.74) is 3.24. The fourth-order valence-corrected chi connectivity index (χ4v) is 1.81. The lowest BCUT2D eigenvalue weighted by Crippen LogP contribution is -1.81. The van der Waals surface area contributed by atoms with Gasteiger partial charge in [-0.2, -0.15) is 0 Å². The number of benzene rings is 1. The number of hydrogen-bond acceptors (Lipinski definition) is 2. The minimum absolute atomic E-state index is 0.896. The molecule has 2 rings (SSSR count). The highest BCUT2D eigenvalue weighted by Gasteiger charge is 2.01. The third-order valence-corrected chi connectivity index (χ3v) is 2.80. The van der Waals surface area contributed by atoms with Crippen molar-refractivity contribution in [2.45, 2.75) is 26.7 Å². The zero-order valence-corrected chi connectivity index (χ0v) is 11.6. The van der Waals surface area contributed by atoms with Crippen LogP contribution in [0, 0.1) is 6.92 Å². The number of aryl methyl sites for hydroxylation is 1. The van der Waals surface area contributed by atoms with Crippen molar-refractivity contribution in [1.82, 2.24) is 15.4 Å². The molecule has 0 radical (unpaired) electrons. The molecule has 0 aliphatic carbocycles. The molecule has 4 heteroatoms. The Morgan fingerprint density at radius 1 is 1.29 bits per heavy atom. The molecule has 3 nitrogen and oxygen atoms in total. The highest BCUT2D eigenvalue weighted by atomic mass is 31.0. The second-order valence-corrected chi connectivity index (χ2v) is 4.39. The van der Waals surface area contributed by atoms with Crippen LogP contribution < -0.4 is 0 Å². The number of aromatic nitrogens is 3. The molecule has 0 fully saturated rings. The van der Waals surface area contributed by atoms with Crippen molar-refractivity contribution in [3.63, 3.8) is 0 Å². The number of nitrogens with one attached hydrogen (secondary N) is 1. The van der Waals surface area contributed by atoms with E-state index in [9.17, 15) is 0 Å². The van der Waals surface area contributed by atoms with Crippen LogP contribution in [0.25, 0.3) is 11.3 Å². The van der Waals surface area contributed by atoms with Gasteiger partial charge in [-0.1, -0.05) is 49.2 Å². The molecule has 17 heavy (non-hydrogen) atoms. The second-order valence-electron chi connectivity index (χ2n) is 3.82. The molecule has 0 saturated carbocycles. The van der Waals surface area contributed by atoms with Gasteiger partial charge in [0.15, 0.2) is 0 Å². The molecule has 1 atom stereocenters. The summed E-state index contributed by atoms with van der Waals surface area (Å²) in [5, 5.41) is 10.3. The van der Waals surface area contributed by atoms with Crippen molar-refractivity contribution >= 4 is 9.24 Å². The summed E-state index contributed by atoms with van der Waals surface area (Å²) in [6, 6.07) is 8.10. The predicted molar refractivity (Wildman–Crippen MR) is 76.0 cm³/mol. The number of H-pyrrole nitrogens is 1. The predicted octanol–water partition coefficient (Wildman–Crippen LogP) is 3.44. The van der Waals surface area contributed by atoms with Gasteiger partial charge in [0, 0.05) is 11.8 Å². The fourth-order valence-electron chi connectivity index (χ4n) is 1.40. The van der Waals surface area contributed by atoms with Gasteiger partial charge in [-0.3, -0.25) is 5.10 Å². The average Bonchev–Trinajstić information content (AvgIpc) is 2.85. The Bertz CT molecular complexity index is 410. The summed E-state index contributed by atoms with van der Waals surface area (Å²) in [6.07, 6.45) is 5.73. The van der Waals surface area contributed by atoms with Crippen molar-refractivity contribution in [3.8, 4) is 11.3 Å². The van der Waals surface area contributed by atoms with Crippen LogP contribution in [0.1, 0.15) is 25.3 Å². The van der Waals surface area contributed by atoms with Gasteiger partial charge in [-0.25, -0.2) is 0 Å². The highest BCUT2D eigenvalue weighted by molar-refractivity contribution is 7.16. The molecule has 0 aliphatic heterocycles. The van der Waals surface area contributed by atoms with E-state index in [2.05, 4.69) is 44.6 Å². The van der Waals surface area contributed by atoms with E-state index in [1.165, 1.54) is 24.6 Å². The van der Waals surface area contributed by atoms with E-state index in [1.807, 2.05) is 18.2 Å². The van der Waals surface area contributed by atoms with Gasteiger partial charge in [0.25, 0.3) is 0 Å². The molecule has 0 spiro atoms. The summed E-state index contributed by atoms with van der Waals surface area (Å²) < 4.78 is 0. The maximum Gasteiger partial charge on any atom is 0.113 e. The second kappa shape index (κ2) is 7.97. The lowest BCUT2D eigenvalue weighted by molar-refractivity contribution is 0.897. The summed E-state index contributed by atoms with van der Waals surface area (Å²) in [7, 11) is 2.70. The third kappa shape index (κ3) is 4.66.